The maximum atomic E-state index is 12.0. The molecule has 0 spiro atoms. The molecule has 4 nitrogen and oxygen atoms in total. The lowest BCUT2D eigenvalue weighted by Crippen LogP contribution is -2.23. The summed E-state index contributed by atoms with van der Waals surface area (Å²) in [4.78, 5) is 12.0. The number of amides is 1. The highest BCUT2D eigenvalue weighted by molar-refractivity contribution is 6.01. The highest BCUT2D eigenvalue weighted by Gasteiger charge is 2.08. The van der Waals surface area contributed by atoms with Crippen molar-refractivity contribution < 1.29 is 9.53 Å². The Morgan fingerprint density at radius 1 is 1.18 bits per heavy atom. The third kappa shape index (κ3) is 4.22. The molecule has 2 aromatic carbocycles. The number of carbonyl (C=O) groups is 1. The summed E-state index contributed by atoms with van der Waals surface area (Å²) in [6, 6.07) is 18.6. The molecule has 22 heavy (non-hydrogen) atoms. The lowest BCUT2D eigenvalue weighted by atomic mass is 10.1. The van der Waals surface area contributed by atoms with Crippen molar-refractivity contribution in [3.05, 3.63) is 71.3 Å². The Bertz CT molecular complexity index is 698. The van der Waals surface area contributed by atoms with E-state index in [2.05, 4.69) is 5.32 Å². The molecule has 0 aliphatic heterocycles. The first-order valence-electron chi connectivity index (χ1n) is 6.81. The molecule has 0 saturated heterocycles. The lowest BCUT2D eigenvalue weighted by Gasteiger charge is -2.06. The zero-order chi connectivity index (χ0) is 15.8. The van der Waals surface area contributed by atoms with Crippen molar-refractivity contribution in [3.8, 4) is 11.8 Å². The first kappa shape index (κ1) is 15.3. The van der Waals surface area contributed by atoms with E-state index < -0.39 is 0 Å². The number of hydrogen-bond donors (Lipinski definition) is 1. The van der Waals surface area contributed by atoms with Gasteiger partial charge in [0.2, 0.25) is 0 Å². The van der Waals surface area contributed by atoms with Crippen LogP contribution in [0.25, 0.3) is 6.08 Å². The van der Waals surface area contributed by atoms with Crippen LogP contribution in [0.2, 0.25) is 0 Å². The first-order chi connectivity index (χ1) is 10.7. The van der Waals surface area contributed by atoms with Gasteiger partial charge in [0.1, 0.15) is 17.4 Å². The molecule has 0 fully saturated rings. The average Bonchev–Trinajstić information content (AvgIpc) is 2.59. The van der Waals surface area contributed by atoms with Gasteiger partial charge in [-0.25, -0.2) is 0 Å². The van der Waals surface area contributed by atoms with E-state index in [0.29, 0.717) is 6.54 Å². The summed E-state index contributed by atoms with van der Waals surface area (Å²) in [6.07, 6.45) is 1.57. The van der Waals surface area contributed by atoms with Crippen LogP contribution in [0.5, 0.6) is 5.75 Å². The van der Waals surface area contributed by atoms with Crippen LogP contribution < -0.4 is 10.1 Å². The van der Waals surface area contributed by atoms with Crippen LogP contribution >= 0.6 is 0 Å². The maximum absolute atomic E-state index is 12.0. The number of nitrogens with one attached hydrogen (secondary N) is 1. The highest BCUT2D eigenvalue weighted by Crippen LogP contribution is 2.11. The molecule has 0 aromatic heterocycles. The summed E-state index contributed by atoms with van der Waals surface area (Å²) in [5.41, 5.74) is 1.84. The second kappa shape index (κ2) is 7.65. The van der Waals surface area contributed by atoms with E-state index in [4.69, 9.17) is 10.00 Å². The van der Waals surface area contributed by atoms with Crippen molar-refractivity contribution in [2.75, 3.05) is 7.11 Å². The van der Waals surface area contributed by atoms with Crippen molar-refractivity contribution in [2.24, 2.45) is 0 Å². The third-order valence-electron chi connectivity index (χ3n) is 3.09. The van der Waals surface area contributed by atoms with E-state index in [9.17, 15) is 4.79 Å². The van der Waals surface area contributed by atoms with Crippen LogP contribution in [-0.2, 0) is 11.3 Å². The van der Waals surface area contributed by atoms with E-state index in [1.807, 2.05) is 60.7 Å². The van der Waals surface area contributed by atoms with E-state index >= 15 is 0 Å². The first-order valence-corrected chi connectivity index (χ1v) is 6.81. The second-order valence-electron chi connectivity index (χ2n) is 4.61. The number of nitrogens with zero attached hydrogens (tertiary/aromatic N) is 1. The highest BCUT2D eigenvalue weighted by atomic mass is 16.5. The Labute approximate surface area is 129 Å². The smallest absolute Gasteiger partial charge is 0.262 e. The Kier molecular flexibility index (Phi) is 5.33. The molecule has 1 amide bonds. The van der Waals surface area contributed by atoms with Crippen molar-refractivity contribution in [1.82, 2.24) is 5.32 Å². The van der Waals surface area contributed by atoms with Crippen LogP contribution in [0.3, 0.4) is 0 Å². The Balaban J connectivity index is 2.00. The van der Waals surface area contributed by atoms with Crippen molar-refractivity contribution in [3.63, 3.8) is 0 Å². The molecule has 2 rings (SSSR count). The maximum Gasteiger partial charge on any atom is 0.262 e. The van der Waals surface area contributed by atoms with Gasteiger partial charge in [-0.1, -0.05) is 42.5 Å². The summed E-state index contributed by atoms with van der Waals surface area (Å²) in [5, 5.41) is 11.9. The zero-order valence-electron chi connectivity index (χ0n) is 12.2. The SMILES string of the molecule is COc1ccc(CNC(=O)/C(C#N)=C\c2ccccc2)cc1. The molecular formula is C18H16N2O2. The number of ether oxygens (including phenoxy) is 1. The molecule has 0 unspecified atom stereocenters. The zero-order valence-corrected chi connectivity index (χ0v) is 12.2. The molecule has 0 aliphatic carbocycles. The van der Waals surface area contributed by atoms with Crippen LogP contribution in [0, 0.1) is 11.3 Å². The van der Waals surface area contributed by atoms with Gasteiger partial charge in [-0.15, -0.1) is 0 Å². The molecule has 0 radical (unpaired) electrons. The van der Waals surface area contributed by atoms with E-state index in [1.165, 1.54) is 0 Å². The molecule has 110 valence electrons. The fraction of sp³-hybridized carbons (Fsp3) is 0.111. The Morgan fingerprint density at radius 2 is 1.86 bits per heavy atom. The van der Waals surface area contributed by atoms with Crippen LogP contribution in [-0.4, -0.2) is 13.0 Å². The van der Waals surface area contributed by atoms with Gasteiger partial charge in [-0.05, 0) is 29.3 Å². The number of carbonyl (C=O) groups excluding carboxylic acids is 1. The average molecular weight is 292 g/mol. The van der Waals surface area contributed by atoms with Gasteiger partial charge in [-0.3, -0.25) is 4.79 Å². The molecule has 1 N–H and O–H groups in total. The van der Waals surface area contributed by atoms with Crippen LogP contribution in [0.15, 0.2) is 60.2 Å². The summed E-state index contributed by atoms with van der Waals surface area (Å²) >= 11 is 0. The number of benzene rings is 2. The number of methoxy groups -OCH3 is 1. The normalized spacial score (nSPS) is 10.6. The molecule has 4 heteroatoms. The van der Waals surface area contributed by atoms with Gasteiger partial charge < -0.3 is 10.1 Å². The summed E-state index contributed by atoms with van der Waals surface area (Å²) in [6.45, 7) is 0.358. The van der Waals surface area contributed by atoms with E-state index in [0.717, 1.165) is 16.9 Å². The fourth-order valence-electron chi connectivity index (χ4n) is 1.89. The predicted octanol–water partition coefficient (Wildman–Crippen LogP) is 2.92. The Morgan fingerprint density at radius 3 is 2.45 bits per heavy atom. The fourth-order valence-corrected chi connectivity index (χ4v) is 1.89. The van der Waals surface area contributed by atoms with Gasteiger partial charge in [0, 0.05) is 6.54 Å². The quantitative estimate of drug-likeness (QED) is 0.681. The summed E-state index contributed by atoms with van der Waals surface area (Å²) in [5.74, 6) is 0.374. The molecule has 0 saturated carbocycles. The molecule has 0 aliphatic rings. The third-order valence-corrected chi connectivity index (χ3v) is 3.09. The summed E-state index contributed by atoms with van der Waals surface area (Å²) in [7, 11) is 1.60. The number of rotatable bonds is 5. The van der Waals surface area contributed by atoms with Crippen LogP contribution in [0.1, 0.15) is 11.1 Å². The lowest BCUT2D eigenvalue weighted by molar-refractivity contribution is -0.117. The van der Waals surface area contributed by atoms with Crippen molar-refractivity contribution in [2.45, 2.75) is 6.54 Å². The van der Waals surface area contributed by atoms with Crippen molar-refractivity contribution >= 4 is 12.0 Å². The minimum absolute atomic E-state index is 0.0831. The molecule has 0 bridgehead atoms. The molecule has 0 heterocycles. The Hall–Kier alpha value is -3.06. The minimum Gasteiger partial charge on any atom is -0.497 e. The molecule has 2 aromatic rings. The number of hydrogen-bond acceptors (Lipinski definition) is 3. The van der Waals surface area contributed by atoms with Gasteiger partial charge >= 0.3 is 0 Å². The standard InChI is InChI=1S/C18H16N2O2/c1-22-17-9-7-15(8-10-17)13-20-18(21)16(12-19)11-14-5-3-2-4-6-14/h2-11H,13H2,1H3,(H,20,21)/b16-11-. The van der Waals surface area contributed by atoms with Gasteiger partial charge in [0.25, 0.3) is 5.91 Å². The van der Waals surface area contributed by atoms with Gasteiger partial charge in [0.05, 0.1) is 7.11 Å². The van der Waals surface area contributed by atoms with Gasteiger partial charge in [0.15, 0.2) is 0 Å². The monoisotopic (exact) mass is 292 g/mol. The molecule has 0 atom stereocenters. The molecular weight excluding hydrogens is 276 g/mol. The van der Waals surface area contributed by atoms with Gasteiger partial charge in [-0.2, -0.15) is 5.26 Å². The largest absolute Gasteiger partial charge is 0.497 e. The van der Waals surface area contributed by atoms with E-state index in [1.54, 1.807) is 13.2 Å². The van der Waals surface area contributed by atoms with E-state index in [-0.39, 0.29) is 11.5 Å². The predicted molar refractivity (Wildman–Crippen MR) is 84.9 cm³/mol. The number of nitriles is 1. The topological polar surface area (TPSA) is 62.1 Å². The second-order valence-corrected chi connectivity index (χ2v) is 4.61. The van der Waals surface area contributed by atoms with Crippen LogP contribution in [0.4, 0.5) is 0 Å². The minimum atomic E-state index is -0.387. The van der Waals surface area contributed by atoms with Crippen molar-refractivity contribution in [1.29, 1.82) is 5.26 Å². The summed E-state index contributed by atoms with van der Waals surface area (Å²) < 4.78 is 5.08.